The van der Waals surface area contributed by atoms with E-state index < -0.39 is 0 Å². The van der Waals surface area contributed by atoms with Crippen molar-refractivity contribution in [2.45, 2.75) is 25.2 Å². The molecule has 0 saturated carbocycles. The lowest BCUT2D eigenvalue weighted by atomic mass is 10.1. The quantitative estimate of drug-likeness (QED) is 0.357. The summed E-state index contributed by atoms with van der Waals surface area (Å²) in [6.45, 7) is 3.95. The van der Waals surface area contributed by atoms with Crippen LogP contribution in [0.4, 0.5) is 0 Å². The van der Waals surface area contributed by atoms with Crippen molar-refractivity contribution in [3.63, 3.8) is 0 Å². The van der Waals surface area contributed by atoms with E-state index in [0.717, 1.165) is 11.5 Å². The largest absolute Gasteiger partial charge is 0.411 e. The average molecular weight is 209 g/mol. The van der Waals surface area contributed by atoms with E-state index >= 15 is 0 Å². The maximum Gasteiger partial charge on any atom is 0.0583 e. The minimum atomic E-state index is 0.716. The van der Waals surface area contributed by atoms with Crippen LogP contribution in [-0.2, 0) is 6.42 Å². The normalized spacial score (nSPS) is 11.7. The van der Waals surface area contributed by atoms with Crippen molar-refractivity contribution >= 4 is 17.5 Å². The van der Waals surface area contributed by atoms with Crippen LogP contribution < -0.4 is 0 Å². The van der Waals surface area contributed by atoms with Gasteiger partial charge in [-0.1, -0.05) is 24.2 Å². The third kappa shape index (κ3) is 3.42. The minimum absolute atomic E-state index is 0.716. The maximum atomic E-state index is 8.52. The lowest BCUT2D eigenvalue weighted by molar-refractivity contribution is 0.317. The van der Waals surface area contributed by atoms with Gasteiger partial charge in [0.1, 0.15) is 0 Å². The summed E-state index contributed by atoms with van der Waals surface area (Å²) >= 11 is 1.83. The van der Waals surface area contributed by atoms with Crippen molar-refractivity contribution in [1.29, 1.82) is 0 Å². The lowest BCUT2D eigenvalue weighted by Crippen LogP contribution is -1.96. The first kappa shape index (κ1) is 11.1. The van der Waals surface area contributed by atoms with E-state index in [4.69, 9.17) is 5.21 Å². The second-order valence-corrected chi connectivity index (χ2v) is 4.43. The summed E-state index contributed by atoms with van der Waals surface area (Å²) in [4.78, 5) is 1.29. The van der Waals surface area contributed by atoms with Gasteiger partial charge in [-0.3, -0.25) is 0 Å². The van der Waals surface area contributed by atoms with Crippen molar-refractivity contribution in [3.8, 4) is 0 Å². The van der Waals surface area contributed by atoms with Crippen molar-refractivity contribution in [3.05, 3.63) is 29.8 Å². The molecule has 0 heterocycles. The number of hydrogen-bond acceptors (Lipinski definition) is 3. The standard InChI is InChI=1S/C11H15NOS/c1-3-14-11-6-4-10(5-7-11)8-9(2)12-13/h4-7,13H,3,8H2,1-2H3/b12-9+. The van der Waals surface area contributed by atoms with Crippen LogP contribution in [0.5, 0.6) is 0 Å². The molecule has 0 amide bonds. The van der Waals surface area contributed by atoms with E-state index in [0.29, 0.717) is 6.42 Å². The number of nitrogens with zero attached hydrogens (tertiary/aromatic N) is 1. The fourth-order valence-electron chi connectivity index (χ4n) is 1.20. The van der Waals surface area contributed by atoms with Crippen LogP contribution in [0.25, 0.3) is 0 Å². The van der Waals surface area contributed by atoms with Crippen molar-refractivity contribution in [1.82, 2.24) is 0 Å². The van der Waals surface area contributed by atoms with Gasteiger partial charge in [-0.2, -0.15) is 0 Å². The van der Waals surface area contributed by atoms with Gasteiger partial charge >= 0.3 is 0 Å². The molecule has 0 aliphatic carbocycles. The second-order valence-electron chi connectivity index (χ2n) is 3.09. The van der Waals surface area contributed by atoms with Crippen LogP contribution in [-0.4, -0.2) is 16.7 Å². The summed E-state index contributed by atoms with van der Waals surface area (Å²) < 4.78 is 0. The van der Waals surface area contributed by atoms with E-state index in [-0.39, 0.29) is 0 Å². The number of hydrogen-bond donors (Lipinski definition) is 1. The summed E-state index contributed by atoms with van der Waals surface area (Å²) in [7, 11) is 0. The maximum absolute atomic E-state index is 8.52. The van der Waals surface area contributed by atoms with Crippen molar-refractivity contribution < 1.29 is 5.21 Å². The fourth-order valence-corrected chi connectivity index (χ4v) is 1.86. The first-order chi connectivity index (χ1) is 6.76. The van der Waals surface area contributed by atoms with E-state index in [1.165, 1.54) is 10.5 Å². The molecule has 0 spiro atoms. The minimum Gasteiger partial charge on any atom is -0.411 e. The number of benzene rings is 1. The molecule has 14 heavy (non-hydrogen) atoms. The summed E-state index contributed by atoms with van der Waals surface area (Å²) in [5.74, 6) is 1.09. The molecule has 1 aromatic carbocycles. The molecule has 0 saturated heterocycles. The van der Waals surface area contributed by atoms with Crippen LogP contribution in [0.2, 0.25) is 0 Å². The smallest absolute Gasteiger partial charge is 0.0583 e. The van der Waals surface area contributed by atoms with Crippen molar-refractivity contribution in [2.24, 2.45) is 5.16 Å². The lowest BCUT2D eigenvalue weighted by Gasteiger charge is -2.01. The van der Waals surface area contributed by atoms with Crippen molar-refractivity contribution in [2.75, 3.05) is 5.75 Å². The molecule has 0 aliphatic rings. The molecule has 0 aromatic heterocycles. The third-order valence-corrected chi connectivity index (χ3v) is 2.76. The van der Waals surface area contributed by atoms with Gasteiger partial charge in [0, 0.05) is 11.3 Å². The Kier molecular flexibility index (Phi) is 4.53. The topological polar surface area (TPSA) is 32.6 Å². The van der Waals surface area contributed by atoms with E-state index in [9.17, 15) is 0 Å². The molecule has 3 heteroatoms. The fraction of sp³-hybridized carbons (Fsp3) is 0.364. The van der Waals surface area contributed by atoms with Gasteiger partial charge in [0.05, 0.1) is 5.71 Å². The zero-order valence-electron chi connectivity index (χ0n) is 8.53. The average Bonchev–Trinajstić information content (AvgIpc) is 2.21. The van der Waals surface area contributed by atoms with Crippen LogP contribution >= 0.6 is 11.8 Å². The molecule has 1 rings (SSSR count). The molecular weight excluding hydrogens is 194 g/mol. The Morgan fingerprint density at radius 2 is 2.00 bits per heavy atom. The number of thioether (sulfide) groups is 1. The Morgan fingerprint density at radius 3 is 2.50 bits per heavy atom. The molecule has 0 atom stereocenters. The Bertz CT molecular complexity index is 306. The zero-order valence-corrected chi connectivity index (χ0v) is 9.34. The molecule has 1 N–H and O–H groups in total. The molecule has 2 nitrogen and oxygen atoms in total. The highest BCUT2D eigenvalue weighted by molar-refractivity contribution is 7.99. The predicted octanol–water partition coefficient (Wildman–Crippen LogP) is 3.19. The molecular formula is C11H15NOS. The Hall–Kier alpha value is -0.960. The highest BCUT2D eigenvalue weighted by atomic mass is 32.2. The van der Waals surface area contributed by atoms with Gasteiger partial charge in [0.2, 0.25) is 0 Å². The molecule has 0 radical (unpaired) electrons. The molecule has 0 fully saturated rings. The molecule has 1 aromatic rings. The number of oxime groups is 1. The summed E-state index contributed by atoms with van der Waals surface area (Å²) in [6.07, 6.45) is 0.716. The van der Waals surface area contributed by atoms with Gasteiger partial charge in [-0.15, -0.1) is 11.8 Å². The van der Waals surface area contributed by atoms with Gasteiger partial charge in [-0.05, 0) is 30.4 Å². The highest BCUT2D eigenvalue weighted by Gasteiger charge is 1.97. The van der Waals surface area contributed by atoms with Crippen LogP contribution in [0.3, 0.4) is 0 Å². The Labute approximate surface area is 89.0 Å². The van der Waals surface area contributed by atoms with Crippen LogP contribution in [0, 0.1) is 0 Å². The second kappa shape index (κ2) is 5.70. The van der Waals surface area contributed by atoms with E-state index in [1.54, 1.807) is 0 Å². The van der Waals surface area contributed by atoms with Gasteiger partial charge in [0.15, 0.2) is 0 Å². The molecule has 0 bridgehead atoms. The molecule has 0 unspecified atom stereocenters. The van der Waals surface area contributed by atoms with Crippen LogP contribution in [0.15, 0.2) is 34.3 Å². The van der Waals surface area contributed by atoms with Gasteiger partial charge < -0.3 is 5.21 Å². The van der Waals surface area contributed by atoms with Gasteiger partial charge in [-0.25, -0.2) is 0 Å². The van der Waals surface area contributed by atoms with Crippen LogP contribution in [0.1, 0.15) is 19.4 Å². The third-order valence-electron chi connectivity index (χ3n) is 1.87. The summed E-state index contributed by atoms with van der Waals surface area (Å²) in [5, 5.41) is 11.7. The predicted molar refractivity (Wildman–Crippen MR) is 61.4 cm³/mol. The van der Waals surface area contributed by atoms with Gasteiger partial charge in [0.25, 0.3) is 0 Å². The first-order valence-electron chi connectivity index (χ1n) is 4.65. The summed E-state index contributed by atoms with van der Waals surface area (Å²) in [6, 6.07) is 8.36. The molecule has 76 valence electrons. The highest BCUT2D eigenvalue weighted by Crippen LogP contribution is 2.17. The SMILES string of the molecule is CCSc1ccc(C/C(C)=N/O)cc1. The number of rotatable bonds is 4. The summed E-state index contributed by atoms with van der Waals surface area (Å²) in [5.41, 5.74) is 1.92. The molecule has 0 aliphatic heterocycles. The monoisotopic (exact) mass is 209 g/mol. The van der Waals surface area contributed by atoms with E-state index in [2.05, 4.69) is 36.3 Å². The zero-order chi connectivity index (χ0) is 10.4. The Morgan fingerprint density at radius 1 is 1.36 bits per heavy atom. The first-order valence-corrected chi connectivity index (χ1v) is 5.64. The van der Waals surface area contributed by atoms with E-state index in [1.807, 2.05) is 18.7 Å². The Balaban J connectivity index is 2.64.